The Morgan fingerprint density at radius 1 is 0.480 bits per heavy atom. The molecule has 32 nitrogen and oxygen atoms in total. The zero-order chi connectivity index (χ0) is 72.2. The number of nitro groups is 1. The predicted molar refractivity (Wildman–Crippen MR) is 353 cm³/mol. The Labute approximate surface area is 561 Å². The van der Waals surface area contributed by atoms with Crippen molar-refractivity contribution in [3.05, 3.63) is 171 Å². The SMILES string of the molecule is CC(C)CC(NC(=O)C(CCCNC(=N)N)NC(=O)C(Cc1ccccc1)NC(=O)C(CC(=O)O)NC(=O)c1ccccc1N)C(=O)NC(Cc1ccccc1)C(=O)NC(C)C(=O)NC(Cc1ccccc1)C(=O)NC(Cc1ccc(O)c([N+](=O)[O-])c1)C(=O)NC(CC(=O)O)C(=O)O. The van der Waals surface area contributed by atoms with Gasteiger partial charge < -0.3 is 85.1 Å². The number of para-hydroxylation sites is 1. The average Bonchev–Trinajstić information content (AvgIpc) is 0.854. The van der Waals surface area contributed by atoms with Crippen LogP contribution in [0.15, 0.2) is 133 Å². The molecule has 5 aromatic carbocycles. The highest BCUT2D eigenvalue weighted by molar-refractivity contribution is 6.03. The lowest BCUT2D eigenvalue weighted by atomic mass is 9.99. The molecule has 0 saturated carbocycles. The van der Waals surface area contributed by atoms with Crippen LogP contribution in [0, 0.1) is 21.4 Å². The molecule has 0 aliphatic rings. The highest BCUT2D eigenvalue weighted by Gasteiger charge is 2.37. The lowest BCUT2D eigenvalue weighted by Gasteiger charge is -2.28. The van der Waals surface area contributed by atoms with E-state index in [2.05, 4.69) is 47.9 Å². The molecule has 0 aromatic heterocycles. The minimum atomic E-state index is -2.02. The first kappa shape index (κ1) is 76.7. The quantitative estimate of drug-likeness (QED) is 0.00626. The third-order valence-electron chi connectivity index (χ3n) is 15.0. The fraction of sp³-hybridized carbons (Fsp3) is 0.348. The molecule has 5 aromatic rings. The molecule has 0 bridgehead atoms. The number of guanidine groups is 1. The molecule has 32 heteroatoms. The number of carbonyl (C=O) groups is 12. The van der Waals surface area contributed by atoms with Gasteiger partial charge in [0, 0.05) is 44.0 Å². The maximum absolute atomic E-state index is 14.7. The highest BCUT2D eigenvalue weighted by atomic mass is 16.6. The Balaban J connectivity index is 1.41. The summed E-state index contributed by atoms with van der Waals surface area (Å²) >= 11 is 0. The number of rotatable bonds is 38. The smallest absolute Gasteiger partial charge is 0.326 e. The number of carboxylic acids is 3. The van der Waals surface area contributed by atoms with Crippen molar-refractivity contribution in [3.8, 4) is 5.75 Å². The van der Waals surface area contributed by atoms with E-state index in [9.17, 15) is 88.1 Å². The average molecular weight is 1360 g/mol. The molecule has 0 aliphatic carbocycles. The van der Waals surface area contributed by atoms with E-state index in [1.165, 1.54) is 31.2 Å². The minimum absolute atomic E-state index is 0.0244. The summed E-state index contributed by atoms with van der Waals surface area (Å²) in [6.45, 7) is 4.75. The standard InChI is InChI=1S/C66H80N14O18/c1-36(2)28-45(75-58(88)44(24-15-27-70-66(68)69)72-61(91)48(31-40-20-11-6-12-21-40)77-64(94)50(34-54(82)83)74-57(87)42-22-13-14-23-43(42)67)60(90)76-46(29-38-16-7-4-8-17-38)59(89)71-37(3)56(86)73-47(30-39-18-9-5-10-19-39)62(92)78-49(63(93)79-51(65(95)96)35-55(84)85)32-41-25-26-53(81)52(33-41)80(97)98/h4-14,16-23,25-26,33,36-37,44-51,81H,15,24,27-32,34-35,67H2,1-3H3,(H,71,89)(H,72,91)(H,73,86)(H,74,87)(H,75,88)(H,76,90)(H,77,94)(H,78,92)(H,79,93)(H,82,83)(H,84,85)(H,95,96)(H4,68,69,70). The fourth-order valence-corrected chi connectivity index (χ4v) is 9.97. The van der Waals surface area contributed by atoms with E-state index in [-0.39, 0.29) is 67.8 Å². The summed E-state index contributed by atoms with van der Waals surface area (Å²) in [4.78, 5) is 175. The molecule has 0 saturated heterocycles. The first-order chi connectivity index (χ1) is 46.5. The summed E-state index contributed by atoms with van der Waals surface area (Å²) in [7, 11) is 0. The zero-order valence-corrected chi connectivity index (χ0v) is 53.7. The first-order valence-electron chi connectivity index (χ1n) is 30.9. The van der Waals surface area contributed by atoms with Crippen molar-refractivity contribution in [3.63, 3.8) is 0 Å². The minimum Gasteiger partial charge on any atom is -0.502 e. The number of aliphatic carboxylic acids is 3. The van der Waals surface area contributed by atoms with Crippen molar-refractivity contribution >= 4 is 88.4 Å². The normalized spacial score (nSPS) is 13.6. The van der Waals surface area contributed by atoms with Crippen LogP contribution in [0.25, 0.3) is 0 Å². The first-order valence-corrected chi connectivity index (χ1v) is 30.9. The van der Waals surface area contributed by atoms with Crippen LogP contribution in [0.2, 0.25) is 0 Å². The van der Waals surface area contributed by atoms with Gasteiger partial charge in [0.2, 0.25) is 47.3 Å². The number of hydrogen-bond donors (Lipinski definition) is 17. The molecule has 0 fully saturated rings. The van der Waals surface area contributed by atoms with Crippen LogP contribution in [0.3, 0.4) is 0 Å². The van der Waals surface area contributed by atoms with Gasteiger partial charge in [-0.05, 0) is 72.6 Å². The molecule has 5 rings (SSSR count). The number of carboxylic acid groups (broad SMARTS) is 3. The summed E-state index contributed by atoms with van der Waals surface area (Å²) in [5, 5.41) is 83.5. The van der Waals surface area contributed by atoms with Crippen LogP contribution in [0.1, 0.15) is 85.5 Å². The number of hydrogen-bond acceptors (Lipinski definition) is 17. The summed E-state index contributed by atoms with van der Waals surface area (Å²) in [6, 6.07) is 18.9. The number of amides is 9. The Morgan fingerprint density at radius 3 is 1.32 bits per heavy atom. The van der Waals surface area contributed by atoms with Gasteiger partial charge in [0.05, 0.1) is 23.3 Å². The number of carbonyl (C=O) groups excluding carboxylic acids is 9. The van der Waals surface area contributed by atoms with E-state index in [0.29, 0.717) is 16.7 Å². The van der Waals surface area contributed by atoms with E-state index >= 15 is 0 Å². The number of nitrogens with two attached hydrogens (primary N) is 2. The van der Waals surface area contributed by atoms with Crippen LogP contribution in [-0.2, 0) is 78.4 Å². The maximum atomic E-state index is 14.7. The van der Waals surface area contributed by atoms with E-state index in [1.54, 1.807) is 111 Å². The van der Waals surface area contributed by atoms with E-state index in [4.69, 9.17) is 16.9 Å². The Morgan fingerprint density at radius 2 is 0.867 bits per heavy atom. The van der Waals surface area contributed by atoms with Crippen molar-refractivity contribution in [1.82, 2.24) is 53.2 Å². The van der Waals surface area contributed by atoms with Gasteiger partial charge in [-0.1, -0.05) is 123 Å². The second-order valence-corrected chi connectivity index (χ2v) is 23.3. The molecule has 0 aliphatic heterocycles. The highest BCUT2D eigenvalue weighted by Crippen LogP contribution is 2.27. The van der Waals surface area contributed by atoms with Crippen molar-refractivity contribution in [2.45, 2.75) is 133 Å². The fourth-order valence-electron chi connectivity index (χ4n) is 9.97. The van der Waals surface area contributed by atoms with Crippen LogP contribution in [0.5, 0.6) is 5.75 Å². The molecule has 0 spiro atoms. The third-order valence-corrected chi connectivity index (χ3v) is 15.0. The van der Waals surface area contributed by atoms with Crippen molar-refractivity contribution < 1.29 is 82.9 Å². The number of phenolic OH excluding ortho intramolecular Hbond substituents is 1. The van der Waals surface area contributed by atoms with Gasteiger partial charge in [0.1, 0.15) is 54.4 Å². The van der Waals surface area contributed by atoms with Gasteiger partial charge >= 0.3 is 23.6 Å². The molecule has 9 amide bonds. The topological polar surface area (TPSA) is 525 Å². The summed E-state index contributed by atoms with van der Waals surface area (Å²) in [5.74, 6) is -15.4. The summed E-state index contributed by atoms with van der Waals surface area (Å²) in [6.07, 6.45) is -3.49. The number of anilines is 1. The molecule has 522 valence electrons. The lowest BCUT2D eigenvalue weighted by molar-refractivity contribution is -0.385. The van der Waals surface area contributed by atoms with Crippen LogP contribution < -0.4 is 64.6 Å². The van der Waals surface area contributed by atoms with Crippen LogP contribution >= 0.6 is 0 Å². The summed E-state index contributed by atoms with van der Waals surface area (Å²) in [5.41, 5.74) is 12.1. The number of phenols is 1. The molecule has 19 N–H and O–H groups in total. The van der Waals surface area contributed by atoms with Gasteiger partial charge in [0.15, 0.2) is 11.7 Å². The maximum Gasteiger partial charge on any atom is 0.326 e. The number of nitrogen functional groups attached to an aromatic ring is 1. The van der Waals surface area contributed by atoms with Gasteiger partial charge in [-0.3, -0.25) is 68.3 Å². The Kier molecular flexibility index (Phi) is 29.6. The zero-order valence-electron chi connectivity index (χ0n) is 53.7. The summed E-state index contributed by atoms with van der Waals surface area (Å²) < 4.78 is 0. The van der Waals surface area contributed by atoms with Gasteiger partial charge in [-0.15, -0.1) is 0 Å². The van der Waals surface area contributed by atoms with Crippen molar-refractivity contribution in [2.24, 2.45) is 11.7 Å². The molecule has 0 heterocycles. The molecular formula is C66H80N14O18. The Bertz CT molecular complexity index is 3680. The van der Waals surface area contributed by atoms with Crippen LogP contribution in [-0.4, -0.2) is 163 Å². The van der Waals surface area contributed by atoms with E-state index < -0.39 is 167 Å². The molecule has 98 heavy (non-hydrogen) atoms. The number of nitrogens with zero attached hydrogens (tertiary/aromatic N) is 1. The molecule has 9 atom stereocenters. The molecule has 9 unspecified atom stereocenters. The lowest BCUT2D eigenvalue weighted by Crippen LogP contribution is -2.61. The molecular weight excluding hydrogens is 1280 g/mol. The number of aromatic hydroxyl groups is 1. The van der Waals surface area contributed by atoms with Gasteiger partial charge in [-0.2, -0.15) is 0 Å². The second-order valence-electron chi connectivity index (χ2n) is 23.3. The Hall–Kier alpha value is -12.0. The van der Waals surface area contributed by atoms with Crippen molar-refractivity contribution in [2.75, 3.05) is 12.3 Å². The predicted octanol–water partition coefficient (Wildman–Crippen LogP) is 0.193. The monoisotopic (exact) mass is 1360 g/mol. The number of benzene rings is 5. The third kappa shape index (κ3) is 25.4. The number of nitro benzene ring substituents is 1. The van der Waals surface area contributed by atoms with E-state index in [1.807, 2.05) is 5.32 Å². The second kappa shape index (κ2) is 37.8. The van der Waals surface area contributed by atoms with Gasteiger partial charge in [0.25, 0.3) is 5.91 Å². The van der Waals surface area contributed by atoms with Crippen LogP contribution in [0.4, 0.5) is 11.4 Å². The van der Waals surface area contributed by atoms with Gasteiger partial charge in [-0.25, -0.2) is 4.79 Å². The van der Waals surface area contributed by atoms with Crippen molar-refractivity contribution in [1.29, 1.82) is 5.41 Å². The van der Waals surface area contributed by atoms with E-state index in [0.717, 1.165) is 12.1 Å². The number of nitrogens with one attached hydrogen (secondary N) is 11. The largest absolute Gasteiger partial charge is 0.502 e. The molecule has 0 radical (unpaired) electrons.